The highest BCUT2D eigenvalue weighted by Gasteiger charge is 2.10. The normalized spacial score (nSPS) is 15.9. The van der Waals surface area contributed by atoms with E-state index < -0.39 is 0 Å². The molecule has 92 valence electrons. The Hall–Kier alpha value is -1.31. The summed E-state index contributed by atoms with van der Waals surface area (Å²) in [6.07, 6.45) is 5.18. The summed E-state index contributed by atoms with van der Waals surface area (Å²) in [5.74, 6) is 0.315. The third kappa shape index (κ3) is 3.32. The Bertz CT molecular complexity index is 363. The molecule has 1 heterocycles. The van der Waals surface area contributed by atoms with Gasteiger partial charge in [-0.15, -0.1) is 0 Å². The molecule has 1 saturated heterocycles. The Morgan fingerprint density at radius 3 is 2.35 bits per heavy atom. The molecule has 2 nitrogen and oxygen atoms in total. The molecule has 0 aromatic heterocycles. The minimum absolute atomic E-state index is 0.315. The molecule has 2 rings (SSSR count). The number of Topliss-reactive ketones (excluding diaryl/α,β-unsaturated/α-hetero) is 1. The maximum absolute atomic E-state index is 11.4. The summed E-state index contributed by atoms with van der Waals surface area (Å²) in [5.41, 5.74) is 2.44. The molecule has 1 aliphatic rings. The quantitative estimate of drug-likeness (QED) is 0.793. The second kappa shape index (κ2) is 5.85. The predicted molar refractivity (Wildman–Crippen MR) is 71.5 cm³/mol. The number of hydrogen-bond donors (Lipinski definition) is 0. The Morgan fingerprint density at radius 2 is 1.76 bits per heavy atom. The van der Waals surface area contributed by atoms with Crippen LogP contribution in [-0.4, -0.2) is 18.9 Å². The van der Waals surface area contributed by atoms with E-state index in [2.05, 4.69) is 29.2 Å². The van der Waals surface area contributed by atoms with Crippen molar-refractivity contribution in [2.45, 2.75) is 39.0 Å². The van der Waals surface area contributed by atoms with Gasteiger partial charge in [-0.05, 0) is 37.0 Å². The second-order valence-corrected chi connectivity index (χ2v) is 4.78. The zero-order valence-corrected chi connectivity index (χ0v) is 10.6. The average Bonchev–Trinajstić information content (AvgIpc) is 2.40. The number of benzene rings is 1. The van der Waals surface area contributed by atoms with Gasteiger partial charge in [-0.2, -0.15) is 0 Å². The van der Waals surface area contributed by atoms with Crippen molar-refractivity contribution in [3.8, 4) is 0 Å². The third-order valence-electron chi connectivity index (χ3n) is 3.45. The van der Waals surface area contributed by atoms with Crippen LogP contribution in [0.4, 0.5) is 5.69 Å². The molecule has 1 aromatic rings. The van der Waals surface area contributed by atoms with Gasteiger partial charge in [0.05, 0.1) is 0 Å². The van der Waals surface area contributed by atoms with Gasteiger partial charge in [-0.3, -0.25) is 4.79 Å². The Kier molecular flexibility index (Phi) is 4.18. The van der Waals surface area contributed by atoms with Crippen LogP contribution in [0.15, 0.2) is 24.3 Å². The van der Waals surface area contributed by atoms with Crippen LogP contribution in [0.25, 0.3) is 0 Å². The van der Waals surface area contributed by atoms with Gasteiger partial charge in [0.25, 0.3) is 0 Å². The van der Waals surface area contributed by atoms with E-state index in [0.717, 1.165) is 5.56 Å². The first-order valence-corrected chi connectivity index (χ1v) is 6.65. The molecule has 0 bridgehead atoms. The smallest absolute Gasteiger partial charge is 0.136 e. The van der Waals surface area contributed by atoms with Crippen molar-refractivity contribution in [1.29, 1.82) is 0 Å². The summed E-state index contributed by atoms with van der Waals surface area (Å²) in [5, 5.41) is 0. The first-order chi connectivity index (χ1) is 8.29. The molecular formula is C15H21NO. The number of carbonyl (C=O) groups is 1. The molecule has 17 heavy (non-hydrogen) atoms. The third-order valence-corrected chi connectivity index (χ3v) is 3.45. The Labute approximate surface area is 104 Å². The highest BCUT2D eigenvalue weighted by atomic mass is 16.1. The summed E-state index contributed by atoms with van der Waals surface area (Å²) in [4.78, 5) is 13.8. The Morgan fingerprint density at radius 1 is 1.12 bits per heavy atom. The average molecular weight is 231 g/mol. The van der Waals surface area contributed by atoms with Crippen LogP contribution in [0.2, 0.25) is 0 Å². The Balaban J connectivity index is 1.99. The highest BCUT2D eigenvalue weighted by Crippen LogP contribution is 2.20. The van der Waals surface area contributed by atoms with Crippen LogP contribution in [0.1, 0.15) is 38.2 Å². The lowest BCUT2D eigenvalue weighted by Crippen LogP contribution is -2.29. The summed E-state index contributed by atoms with van der Waals surface area (Å²) in [6.45, 7) is 4.27. The van der Waals surface area contributed by atoms with Crippen LogP contribution >= 0.6 is 0 Å². The standard InChI is InChI=1S/C15H21NO/c1-2-15(17)12-13-6-8-14(9-7-13)16-10-4-3-5-11-16/h6-9H,2-5,10-12H2,1H3. The summed E-state index contributed by atoms with van der Waals surface area (Å²) in [7, 11) is 0. The van der Waals surface area contributed by atoms with Crippen molar-refractivity contribution in [1.82, 2.24) is 0 Å². The fourth-order valence-electron chi connectivity index (χ4n) is 2.33. The van der Waals surface area contributed by atoms with Gasteiger partial charge in [0.15, 0.2) is 0 Å². The summed E-state index contributed by atoms with van der Waals surface area (Å²) < 4.78 is 0. The topological polar surface area (TPSA) is 20.3 Å². The number of hydrogen-bond acceptors (Lipinski definition) is 2. The van der Waals surface area contributed by atoms with Crippen molar-refractivity contribution >= 4 is 11.5 Å². The lowest BCUT2D eigenvalue weighted by molar-refractivity contribution is -0.118. The highest BCUT2D eigenvalue weighted by molar-refractivity contribution is 5.80. The van der Waals surface area contributed by atoms with Gasteiger partial charge in [0.1, 0.15) is 5.78 Å². The van der Waals surface area contributed by atoms with Crippen molar-refractivity contribution in [2.75, 3.05) is 18.0 Å². The van der Waals surface area contributed by atoms with E-state index >= 15 is 0 Å². The number of carbonyl (C=O) groups excluding carboxylic acids is 1. The fourth-order valence-corrected chi connectivity index (χ4v) is 2.33. The first kappa shape index (κ1) is 12.2. The number of rotatable bonds is 4. The van der Waals surface area contributed by atoms with Crippen LogP contribution in [-0.2, 0) is 11.2 Å². The van der Waals surface area contributed by atoms with Crippen molar-refractivity contribution in [2.24, 2.45) is 0 Å². The minimum atomic E-state index is 0.315. The van der Waals surface area contributed by atoms with Crippen LogP contribution < -0.4 is 4.90 Å². The minimum Gasteiger partial charge on any atom is -0.372 e. The van der Waals surface area contributed by atoms with E-state index in [1.54, 1.807) is 0 Å². The predicted octanol–water partition coefficient (Wildman–Crippen LogP) is 3.20. The SMILES string of the molecule is CCC(=O)Cc1ccc(N2CCCCC2)cc1. The van der Waals surface area contributed by atoms with Crippen molar-refractivity contribution in [3.63, 3.8) is 0 Å². The molecule has 1 aliphatic heterocycles. The molecule has 0 unspecified atom stereocenters. The van der Waals surface area contributed by atoms with Gasteiger partial charge in [0, 0.05) is 31.6 Å². The monoisotopic (exact) mass is 231 g/mol. The molecule has 0 saturated carbocycles. The molecule has 0 atom stereocenters. The number of ketones is 1. The maximum atomic E-state index is 11.4. The lowest BCUT2D eigenvalue weighted by Gasteiger charge is -2.28. The molecule has 0 spiro atoms. The van der Waals surface area contributed by atoms with E-state index in [0.29, 0.717) is 18.6 Å². The lowest BCUT2D eigenvalue weighted by atomic mass is 10.1. The number of anilines is 1. The molecule has 0 N–H and O–H groups in total. The first-order valence-electron chi connectivity index (χ1n) is 6.65. The zero-order chi connectivity index (χ0) is 12.1. The van der Waals surface area contributed by atoms with Crippen LogP contribution in [0.5, 0.6) is 0 Å². The van der Waals surface area contributed by atoms with E-state index in [9.17, 15) is 4.79 Å². The van der Waals surface area contributed by atoms with E-state index in [-0.39, 0.29) is 0 Å². The molecule has 0 amide bonds. The number of piperidine rings is 1. The molecule has 1 fully saturated rings. The largest absolute Gasteiger partial charge is 0.372 e. The van der Waals surface area contributed by atoms with E-state index in [4.69, 9.17) is 0 Å². The van der Waals surface area contributed by atoms with Crippen molar-refractivity contribution < 1.29 is 4.79 Å². The summed E-state index contributed by atoms with van der Waals surface area (Å²) in [6, 6.07) is 8.50. The van der Waals surface area contributed by atoms with Gasteiger partial charge >= 0.3 is 0 Å². The second-order valence-electron chi connectivity index (χ2n) is 4.78. The maximum Gasteiger partial charge on any atom is 0.136 e. The molecule has 2 heteroatoms. The van der Waals surface area contributed by atoms with Crippen LogP contribution in [0, 0.1) is 0 Å². The van der Waals surface area contributed by atoms with Crippen molar-refractivity contribution in [3.05, 3.63) is 29.8 Å². The molecule has 0 aliphatic carbocycles. The van der Waals surface area contributed by atoms with Crippen LogP contribution in [0.3, 0.4) is 0 Å². The zero-order valence-electron chi connectivity index (χ0n) is 10.6. The van der Waals surface area contributed by atoms with Gasteiger partial charge in [-0.25, -0.2) is 0 Å². The molecule has 0 radical (unpaired) electrons. The molecule has 1 aromatic carbocycles. The van der Waals surface area contributed by atoms with E-state index in [1.807, 2.05) is 6.92 Å². The fraction of sp³-hybridized carbons (Fsp3) is 0.533. The van der Waals surface area contributed by atoms with Gasteiger partial charge in [-0.1, -0.05) is 19.1 Å². The van der Waals surface area contributed by atoms with E-state index in [1.165, 1.54) is 38.0 Å². The molecular weight excluding hydrogens is 210 g/mol. The van der Waals surface area contributed by atoms with Gasteiger partial charge < -0.3 is 4.90 Å². The summed E-state index contributed by atoms with van der Waals surface area (Å²) >= 11 is 0. The number of nitrogens with zero attached hydrogens (tertiary/aromatic N) is 1. The van der Waals surface area contributed by atoms with Gasteiger partial charge in [0.2, 0.25) is 0 Å².